The molecule has 114 valence electrons. The zero-order chi connectivity index (χ0) is 15.2. The minimum atomic E-state index is -0.263. The van der Waals surface area contributed by atoms with Gasteiger partial charge in [0.25, 0.3) is 0 Å². The van der Waals surface area contributed by atoms with Crippen molar-refractivity contribution in [1.29, 1.82) is 0 Å². The summed E-state index contributed by atoms with van der Waals surface area (Å²) < 4.78 is 5.22. The van der Waals surface area contributed by atoms with E-state index in [0.717, 1.165) is 29.8 Å². The first kappa shape index (κ1) is 16.0. The third kappa shape index (κ3) is 3.83. The quantitative estimate of drug-likeness (QED) is 0.503. The SMILES string of the molecule is C=CNC(=S)Nc1sc2c(c1C(=O)OCC)CCCCC2. The van der Waals surface area contributed by atoms with Gasteiger partial charge in [-0.2, -0.15) is 0 Å². The van der Waals surface area contributed by atoms with Crippen LogP contribution in [0.1, 0.15) is 47.0 Å². The van der Waals surface area contributed by atoms with Gasteiger partial charge >= 0.3 is 5.97 Å². The Labute approximate surface area is 134 Å². The number of rotatable bonds is 4. The molecule has 0 bridgehead atoms. The molecule has 0 spiro atoms. The van der Waals surface area contributed by atoms with Gasteiger partial charge in [-0.25, -0.2) is 4.79 Å². The summed E-state index contributed by atoms with van der Waals surface area (Å²) in [5.41, 5.74) is 1.80. The molecule has 0 radical (unpaired) electrons. The lowest BCUT2D eigenvalue weighted by molar-refractivity contribution is 0.0527. The number of fused-ring (bicyclic) bond motifs is 1. The highest BCUT2D eigenvalue weighted by molar-refractivity contribution is 7.80. The molecular weight excluding hydrogens is 304 g/mol. The van der Waals surface area contributed by atoms with Crippen LogP contribution in [-0.4, -0.2) is 17.7 Å². The average Bonchev–Trinajstić information content (AvgIpc) is 2.61. The van der Waals surface area contributed by atoms with E-state index in [4.69, 9.17) is 17.0 Å². The number of aryl methyl sites for hydroxylation is 1. The van der Waals surface area contributed by atoms with Crippen molar-refractivity contribution in [3.63, 3.8) is 0 Å². The van der Waals surface area contributed by atoms with Crippen LogP contribution in [0.3, 0.4) is 0 Å². The van der Waals surface area contributed by atoms with Gasteiger partial charge in [-0.1, -0.05) is 13.0 Å². The lowest BCUT2D eigenvalue weighted by atomic mass is 10.1. The van der Waals surface area contributed by atoms with E-state index in [1.165, 1.54) is 23.9 Å². The second-order valence-corrected chi connectivity index (χ2v) is 6.31. The molecule has 1 aromatic rings. The van der Waals surface area contributed by atoms with E-state index in [2.05, 4.69) is 17.2 Å². The first-order chi connectivity index (χ1) is 10.2. The molecule has 0 unspecified atom stereocenters. The maximum Gasteiger partial charge on any atom is 0.341 e. The zero-order valence-electron chi connectivity index (χ0n) is 12.2. The van der Waals surface area contributed by atoms with E-state index >= 15 is 0 Å². The maximum atomic E-state index is 12.3. The van der Waals surface area contributed by atoms with Crippen LogP contribution in [0.5, 0.6) is 0 Å². The Morgan fingerprint density at radius 1 is 1.43 bits per heavy atom. The monoisotopic (exact) mass is 324 g/mol. The van der Waals surface area contributed by atoms with E-state index in [9.17, 15) is 4.79 Å². The summed E-state index contributed by atoms with van der Waals surface area (Å²) in [4.78, 5) is 13.6. The molecule has 2 rings (SSSR count). The molecule has 1 aliphatic rings. The van der Waals surface area contributed by atoms with Crippen LogP contribution in [0.25, 0.3) is 0 Å². The predicted molar refractivity (Wildman–Crippen MR) is 91.1 cm³/mol. The molecule has 1 aliphatic carbocycles. The first-order valence-electron chi connectivity index (χ1n) is 7.17. The summed E-state index contributed by atoms with van der Waals surface area (Å²) in [6.07, 6.45) is 6.97. The number of carbonyl (C=O) groups is 1. The van der Waals surface area contributed by atoms with Gasteiger partial charge < -0.3 is 15.4 Å². The average molecular weight is 324 g/mol. The third-order valence-electron chi connectivity index (χ3n) is 3.36. The summed E-state index contributed by atoms with van der Waals surface area (Å²) in [5.74, 6) is -0.263. The molecule has 0 fully saturated rings. The normalized spacial score (nSPS) is 13.8. The van der Waals surface area contributed by atoms with Crippen molar-refractivity contribution in [2.45, 2.75) is 39.0 Å². The molecule has 0 atom stereocenters. The van der Waals surface area contributed by atoms with E-state index in [0.29, 0.717) is 17.3 Å². The molecule has 2 N–H and O–H groups in total. The maximum absolute atomic E-state index is 12.3. The Bertz CT molecular complexity index is 552. The molecule has 0 aromatic carbocycles. The summed E-state index contributed by atoms with van der Waals surface area (Å²) in [6.45, 7) is 5.77. The van der Waals surface area contributed by atoms with Crippen LogP contribution < -0.4 is 10.6 Å². The van der Waals surface area contributed by atoms with E-state index in [1.807, 2.05) is 6.92 Å². The third-order valence-corrected chi connectivity index (χ3v) is 4.79. The minimum Gasteiger partial charge on any atom is -0.462 e. The fourth-order valence-corrected chi connectivity index (χ4v) is 4.01. The number of thiocarbonyl (C=S) groups is 1. The Kier molecular flexibility index (Phi) is 5.76. The lowest BCUT2D eigenvalue weighted by Crippen LogP contribution is -2.24. The van der Waals surface area contributed by atoms with E-state index in [1.54, 1.807) is 11.3 Å². The second kappa shape index (κ2) is 7.56. The van der Waals surface area contributed by atoms with E-state index in [-0.39, 0.29) is 5.97 Å². The van der Waals surface area contributed by atoms with Crippen molar-refractivity contribution >= 4 is 39.6 Å². The van der Waals surface area contributed by atoms with Gasteiger partial charge in [0.1, 0.15) is 5.00 Å². The fraction of sp³-hybridized carbons (Fsp3) is 0.467. The molecule has 1 heterocycles. The van der Waals surface area contributed by atoms with Crippen LogP contribution >= 0.6 is 23.6 Å². The number of nitrogens with one attached hydrogen (secondary N) is 2. The fourth-order valence-electron chi connectivity index (χ4n) is 2.48. The molecule has 6 heteroatoms. The number of esters is 1. The van der Waals surface area contributed by atoms with Crippen molar-refractivity contribution in [3.05, 3.63) is 28.8 Å². The van der Waals surface area contributed by atoms with E-state index < -0.39 is 0 Å². The second-order valence-electron chi connectivity index (χ2n) is 4.79. The smallest absolute Gasteiger partial charge is 0.341 e. The molecule has 1 aromatic heterocycles. The van der Waals surface area contributed by atoms with Crippen molar-refractivity contribution in [1.82, 2.24) is 5.32 Å². The van der Waals surface area contributed by atoms with Gasteiger partial charge in [0, 0.05) is 4.88 Å². The molecule has 0 saturated carbocycles. The topological polar surface area (TPSA) is 50.4 Å². The Balaban J connectivity index is 2.36. The lowest BCUT2D eigenvalue weighted by Gasteiger charge is -2.09. The van der Waals surface area contributed by atoms with Crippen molar-refractivity contribution < 1.29 is 9.53 Å². The van der Waals surface area contributed by atoms with Crippen LogP contribution in [0.15, 0.2) is 12.8 Å². The largest absolute Gasteiger partial charge is 0.462 e. The van der Waals surface area contributed by atoms with Crippen LogP contribution in [0.2, 0.25) is 0 Å². The van der Waals surface area contributed by atoms with Crippen LogP contribution in [-0.2, 0) is 17.6 Å². The van der Waals surface area contributed by atoms with Crippen molar-refractivity contribution in [3.8, 4) is 0 Å². The molecule has 21 heavy (non-hydrogen) atoms. The summed E-state index contributed by atoms with van der Waals surface area (Å²) in [5, 5.41) is 7.13. The van der Waals surface area contributed by atoms with Crippen molar-refractivity contribution in [2.75, 3.05) is 11.9 Å². The predicted octanol–water partition coefficient (Wildman–Crippen LogP) is 3.62. The molecular formula is C15H20N2O2S2. The van der Waals surface area contributed by atoms with Gasteiger partial charge in [0.15, 0.2) is 5.11 Å². The Hall–Kier alpha value is -1.40. The zero-order valence-corrected chi connectivity index (χ0v) is 13.8. The molecule has 0 aliphatic heterocycles. The number of hydrogen-bond donors (Lipinski definition) is 2. The highest BCUT2D eigenvalue weighted by Gasteiger charge is 2.25. The summed E-state index contributed by atoms with van der Waals surface area (Å²) in [6, 6.07) is 0. The number of hydrogen-bond acceptors (Lipinski definition) is 4. The standard InChI is InChI=1S/C15H20N2O2S2/c1-3-16-15(20)17-13-12(14(18)19-4-2)10-8-6-5-7-9-11(10)21-13/h3H,1,4-9H2,2H3,(H2,16,17,20). The Morgan fingerprint density at radius 3 is 2.90 bits per heavy atom. The highest BCUT2D eigenvalue weighted by Crippen LogP contribution is 2.37. The highest BCUT2D eigenvalue weighted by atomic mass is 32.1. The van der Waals surface area contributed by atoms with Crippen LogP contribution in [0.4, 0.5) is 5.00 Å². The summed E-state index contributed by atoms with van der Waals surface area (Å²) in [7, 11) is 0. The van der Waals surface area contributed by atoms with Gasteiger partial charge in [-0.3, -0.25) is 0 Å². The molecule has 0 amide bonds. The molecule has 4 nitrogen and oxygen atoms in total. The number of ether oxygens (including phenoxy) is 1. The van der Waals surface area contributed by atoms with Gasteiger partial charge in [0.05, 0.1) is 12.2 Å². The number of thiophene rings is 1. The molecule has 0 saturated heterocycles. The van der Waals surface area contributed by atoms with Crippen LogP contribution in [0, 0.1) is 0 Å². The number of carbonyl (C=O) groups excluding carboxylic acids is 1. The first-order valence-corrected chi connectivity index (χ1v) is 8.40. The van der Waals surface area contributed by atoms with Gasteiger partial charge in [-0.15, -0.1) is 11.3 Å². The summed E-state index contributed by atoms with van der Waals surface area (Å²) >= 11 is 6.78. The van der Waals surface area contributed by atoms with Crippen molar-refractivity contribution in [2.24, 2.45) is 0 Å². The van der Waals surface area contributed by atoms with Gasteiger partial charge in [-0.05, 0) is 56.6 Å². The van der Waals surface area contributed by atoms with Gasteiger partial charge in [0.2, 0.25) is 0 Å². The Morgan fingerprint density at radius 2 is 2.19 bits per heavy atom. The minimum absolute atomic E-state index is 0.263. The number of anilines is 1.